The molecule has 0 unspecified atom stereocenters. The number of ether oxygens (including phenoxy) is 1. The van der Waals surface area contributed by atoms with Crippen molar-refractivity contribution in [3.05, 3.63) is 35.6 Å². The summed E-state index contributed by atoms with van der Waals surface area (Å²) in [5.74, 6) is -0.283. The molecular weight excluding hydrogens is 247 g/mol. The third-order valence-corrected chi connectivity index (χ3v) is 2.73. The number of benzene rings is 1. The molecule has 0 aliphatic heterocycles. The summed E-state index contributed by atoms with van der Waals surface area (Å²) in [6.07, 6.45) is 0.778. The van der Waals surface area contributed by atoms with Gasteiger partial charge in [0.1, 0.15) is 5.82 Å². The average Bonchev–Trinajstić information content (AvgIpc) is 2.41. The van der Waals surface area contributed by atoms with Gasteiger partial charge in [0.25, 0.3) is 0 Å². The van der Waals surface area contributed by atoms with Crippen LogP contribution in [0.25, 0.3) is 0 Å². The zero-order valence-electron chi connectivity index (χ0n) is 11.5. The van der Waals surface area contributed by atoms with E-state index in [1.165, 1.54) is 12.1 Å². The van der Waals surface area contributed by atoms with Gasteiger partial charge >= 0.3 is 6.03 Å². The summed E-state index contributed by atoms with van der Waals surface area (Å²) in [5.41, 5.74) is 0.786. The number of carbonyl (C=O) groups excluding carboxylic acids is 1. The van der Waals surface area contributed by atoms with Crippen LogP contribution in [0.2, 0.25) is 0 Å². The molecule has 1 rings (SSSR count). The molecule has 0 saturated carbocycles. The van der Waals surface area contributed by atoms with E-state index in [2.05, 4.69) is 5.32 Å². The van der Waals surface area contributed by atoms with Crippen LogP contribution in [0.5, 0.6) is 0 Å². The number of amides is 2. The summed E-state index contributed by atoms with van der Waals surface area (Å²) < 4.78 is 18.0. The van der Waals surface area contributed by atoms with Crippen molar-refractivity contribution in [2.24, 2.45) is 0 Å². The lowest BCUT2D eigenvalue weighted by Crippen LogP contribution is -2.40. The van der Waals surface area contributed by atoms with Gasteiger partial charge in [-0.15, -0.1) is 0 Å². The molecule has 0 spiro atoms. The van der Waals surface area contributed by atoms with Gasteiger partial charge < -0.3 is 15.0 Å². The maximum atomic E-state index is 13.1. The Hall–Kier alpha value is -1.62. The first-order chi connectivity index (χ1) is 9.17. The predicted molar refractivity (Wildman–Crippen MR) is 72.4 cm³/mol. The fourth-order valence-corrected chi connectivity index (χ4v) is 1.71. The molecular formula is C14H21FN2O2. The Balaban J connectivity index is 2.46. The minimum atomic E-state index is -0.283. The van der Waals surface area contributed by atoms with E-state index in [1.807, 2.05) is 13.0 Å². The summed E-state index contributed by atoms with van der Waals surface area (Å²) in [7, 11) is 1.63. The number of rotatable bonds is 7. The summed E-state index contributed by atoms with van der Waals surface area (Å²) in [6, 6.07) is 6.16. The first-order valence-electron chi connectivity index (χ1n) is 6.43. The Labute approximate surface area is 113 Å². The van der Waals surface area contributed by atoms with Crippen LogP contribution in [-0.2, 0) is 11.3 Å². The third kappa shape index (κ3) is 5.70. The third-order valence-electron chi connectivity index (χ3n) is 2.73. The van der Waals surface area contributed by atoms with Crippen molar-refractivity contribution < 1.29 is 13.9 Å². The molecule has 0 aliphatic carbocycles. The molecule has 5 heteroatoms. The second-order valence-corrected chi connectivity index (χ2v) is 4.22. The van der Waals surface area contributed by atoms with E-state index in [0.717, 1.165) is 12.0 Å². The number of urea groups is 1. The Kier molecular flexibility index (Phi) is 6.89. The van der Waals surface area contributed by atoms with Gasteiger partial charge in [0.2, 0.25) is 0 Å². The zero-order valence-corrected chi connectivity index (χ0v) is 11.5. The molecule has 0 aliphatic rings. The molecule has 106 valence electrons. The minimum Gasteiger partial charge on any atom is -0.385 e. The van der Waals surface area contributed by atoms with Crippen LogP contribution in [0.15, 0.2) is 24.3 Å². The second kappa shape index (κ2) is 8.48. The zero-order chi connectivity index (χ0) is 14.1. The SMILES string of the molecule is CCN(Cc1cccc(F)c1)C(=O)NCCCOC. The number of nitrogens with one attached hydrogen (secondary N) is 1. The van der Waals surface area contributed by atoms with Gasteiger partial charge in [-0.05, 0) is 31.0 Å². The van der Waals surface area contributed by atoms with Crippen LogP contribution >= 0.6 is 0 Å². The highest BCUT2D eigenvalue weighted by atomic mass is 19.1. The Morgan fingerprint density at radius 2 is 2.26 bits per heavy atom. The van der Waals surface area contributed by atoms with Crippen molar-refractivity contribution in [1.29, 1.82) is 0 Å². The van der Waals surface area contributed by atoms with Gasteiger partial charge in [-0.25, -0.2) is 9.18 Å². The molecule has 0 bridgehead atoms. The second-order valence-electron chi connectivity index (χ2n) is 4.22. The maximum absolute atomic E-state index is 13.1. The van der Waals surface area contributed by atoms with Gasteiger partial charge in [0.05, 0.1) is 0 Å². The van der Waals surface area contributed by atoms with Crippen molar-refractivity contribution in [3.8, 4) is 0 Å². The van der Waals surface area contributed by atoms with Gasteiger partial charge in [-0.1, -0.05) is 12.1 Å². The molecule has 1 N–H and O–H groups in total. The van der Waals surface area contributed by atoms with Gasteiger partial charge in [0, 0.05) is 33.4 Å². The van der Waals surface area contributed by atoms with Crippen LogP contribution in [0.4, 0.5) is 9.18 Å². The van der Waals surface area contributed by atoms with Crippen molar-refractivity contribution in [2.45, 2.75) is 19.9 Å². The first kappa shape index (κ1) is 15.4. The number of carbonyl (C=O) groups is 1. The van der Waals surface area contributed by atoms with Crippen LogP contribution in [0.1, 0.15) is 18.9 Å². The lowest BCUT2D eigenvalue weighted by Gasteiger charge is -2.21. The fourth-order valence-electron chi connectivity index (χ4n) is 1.71. The van der Waals surface area contributed by atoms with Crippen LogP contribution < -0.4 is 5.32 Å². The maximum Gasteiger partial charge on any atom is 0.317 e. The molecule has 1 aromatic carbocycles. The molecule has 0 heterocycles. The van der Waals surface area contributed by atoms with Crippen LogP contribution in [0.3, 0.4) is 0 Å². The Morgan fingerprint density at radius 1 is 1.47 bits per heavy atom. The van der Waals surface area contributed by atoms with E-state index < -0.39 is 0 Å². The van der Waals surface area contributed by atoms with Crippen molar-refractivity contribution in [1.82, 2.24) is 10.2 Å². The van der Waals surface area contributed by atoms with Gasteiger partial charge in [0.15, 0.2) is 0 Å². The number of methoxy groups -OCH3 is 1. The van der Waals surface area contributed by atoms with Crippen LogP contribution in [-0.4, -0.2) is 37.7 Å². The van der Waals surface area contributed by atoms with E-state index in [0.29, 0.717) is 26.2 Å². The normalized spacial score (nSPS) is 10.3. The molecule has 0 fully saturated rings. The number of hydrogen-bond donors (Lipinski definition) is 1. The molecule has 0 radical (unpaired) electrons. The Bertz CT molecular complexity index is 399. The van der Waals surface area contributed by atoms with Crippen LogP contribution in [0, 0.1) is 5.82 Å². The highest BCUT2D eigenvalue weighted by Gasteiger charge is 2.11. The molecule has 4 nitrogen and oxygen atoms in total. The molecule has 2 amide bonds. The molecule has 1 aromatic rings. The van der Waals surface area contributed by atoms with Crippen molar-refractivity contribution in [3.63, 3.8) is 0 Å². The van der Waals surface area contributed by atoms with E-state index in [4.69, 9.17) is 4.74 Å². The van der Waals surface area contributed by atoms with Crippen molar-refractivity contribution >= 4 is 6.03 Å². The average molecular weight is 268 g/mol. The summed E-state index contributed by atoms with van der Waals surface area (Å²) >= 11 is 0. The van der Waals surface area contributed by atoms with E-state index in [9.17, 15) is 9.18 Å². The molecule has 0 aromatic heterocycles. The van der Waals surface area contributed by atoms with Crippen molar-refractivity contribution in [2.75, 3.05) is 26.8 Å². The molecule has 19 heavy (non-hydrogen) atoms. The van der Waals surface area contributed by atoms with E-state index in [-0.39, 0.29) is 11.8 Å². The molecule has 0 atom stereocenters. The summed E-state index contributed by atoms with van der Waals surface area (Å²) in [4.78, 5) is 13.5. The minimum absolute atomic E-state index is 0.136. The number of nitrogens with zero attached hydrogens (tertiary/aromatic N) is 1. The van der Waals surface area contributed by atoms with Gasteiger partial charge in [-0.2, -0.15) is 0 Å². The summed E-state index contributed by atoms with van der Waals surface area (Å²) in [6.45, 7) is 4.08. The lowest BCUT2D eigenvalue weighted by molar-refractivity contribution is 0.185. The van der Waals surface area contributed by atoms with Gasteiger partial charge in [-0.3, -0.25) is 0 Å². The monoisotopic (exact) mass is 268 g/mol. The smallest absolute Gasteiger partial charge is 0.317 e. The fraction of sp³-hybridized carbons (Fsp3) is 0.500. The number of hydrogen-bond acceptors (Lipinski definition) is 2. The number of halogens is 1. The topological polar surface area (TPSA) is 41.6 Å². The van der Waals surface area contributed by atoms with E-state index >= 15 is 0 Å². The quantitative estimate of drug-likeness (QED) is 0.771. The lowest BCUT2D eigenvalue weighted by atomic mass is 10.2. The largest absolute Gasteiger partial charge is 0.385 e. The first-order valence-corrected chi connectivity index (χ1v) is 6.43. The molecule has 0 saturated heterocycles. The summed E-state index contributed by atoms with van der Waals surface area (Å²) in [5, 5.41) is 2.82. The highest BCUT2D eigenvalue weighted by molar-refractivity contribution is 5.74. The van der Waals surface area contributed by atoms with E-state index in [1.54, 1.807) is 18.1 Å². The highest BCUT2D eigenvalue weighted by Crippen LogP contribution is 2.07. The predicted octanol–water partition coefficient (Wildman–Crippen LogP) is 2.39. The standard InChI is InChI=1S/C14H21FN2O2/c1-3-17(14(18)16-8-5-9-19-2)11-12-6-4-7-13(15)10-12/h4,6-7,10H,3,5,8-9,11H2,1-2H3,(H,16,18). The Morgan fingerprint density at radius 3 is 2.89 bits per heavy atom.